The monoisotopic (exact) mass is 458 g/mol. The molecule has 0 aliphatic carbocycles. The summed E-state index contributed by atoms with van der Waals surface area (Å²) in [5.41, 5.74) is -0.292. The van der Waals surface area contributed by atoms with Crippen LogP contribution in [0, 0.1) is 5.41 Å². The zero-order valence-corrected chi connectivity index (χ0v) is 18.7. The minimum atomic E-state index is -3.93. The predicted octanol–water partition coefficient (Wildman–Crippen LogP) is 3.32. The molecule has 10 heteroatoms. The first kappa shape index (κ1) is 22.0. The summed E-state index contributed by atoms with van der Waals surface area (Å²) in [5.74, 6) is -1.59. The molecule has 0 radical (unpaired) electrons. The van der Waals surface area contributed by atoms with Crippen LogP contribution in [0.2, 0.25) is 5.02 Å². The molecule has 2 N–H and O–H groups in total. The van der Waals surface area contributed by atoms with E-state index >= 15 is 0 Å². The van der Waals surface area contributed by atoms with Gasteiger partial charge in [-0.2, -0.15) is 4.72 Å². The zero-order valence-electron chi connectivity index (χ0n) is 16.3. The van der Waals surface area contributed by atoms with E-state index in [-0.39, 0.29) is 29.0 Å². The van der Waals surface area contributed by atoms with E-state index in [1.807, 2.05) is 20.8 Å². The quantitative estimate of drug-likeness (QED) is 0.691. The molecule has 1 aromatic heterocycles. The number of rotatable bonds is 6. The Labute approximate surface area is 178 Å². The van der Waals surface area contributed by atoms with Crippen LogP contribution in [0.15, 0.2) is 28.5 Å². The number of carboxylic acid groups (broad SMARTS) is 1. The summed E-state index contributed by atoms with van der Waals surface area (Å²) in [4.78, 5) is 25.8. The van der Waals surface area contributed by atoms with Gasteiger partial charge in [0, 0.05) is 16.3 Å². The number of sulfonamides is 1. The lowest BCUT2D eigenvalue weighted by atomic mass is 9.87. The van der Waals surface area contributed by atoms with E-state index < -0.39 is 34.0 Å². The number of likely N-dealkylation sites (tertiary alicyclic amines) is 1. The van der Waals surface area contributed by atoms with Gasteiger partial charge in [0.2, 0.25) is 5.91 Å². The molecule has 2 heterocycles. The number of nitrogens with one attached hydrogen (secondary N) is 1. The Kier molecular flexibility index (Phi) is 5.97. The van der Waals surface area contributed by atoms with Crippen molar-refractivity contribution < 1.29 is 23.1 Å². The molecule has 29 heavy (non-hydrogen) atoms. The second kappa shape index (κ2) is 7.86. The van der Waals surface area contributed by atoms with Gasteiger partial charge in [-0.1, -0.05) is 38.4 Å². The molecule has 158 valence electrons. The Balaban J connectivity index is 1.79. The fourth-order valence-electron chi connectivity index (χ4n) is 3.39. The SMILES string of the molecule is CC(C)(C)C[C@@H](C(=O)O)N1CC[C@H](NS(=O)(=O)c2cc3ccc(Cl)cc3s2)C1=O. The van der Waals surface area contributed by atoms with E-state index in [1.54, 1.807) is 18.2 Å². The van der Waals surface area contributed by atoms with Crippen molar-refractivity contribution in [1.29, 1.82) is 0 Å². The molecule has 1 saturated heterocycles. The maximum Gasteiger partial charge on any atom is 0.326 e. The van der Waals surface area contributed by atoms with Gasteiger partial charge in [0.25, 0.3) is 10.0 Å². The third-order valence-corrected chi connectivity index (χ3v) is 8.01. The van der Waals surface area contributed by atoms with Gasteiger partial charge in [0.1, 0.15) is 16.3 Å². The first-order chi connectivity index (χ1) is 13.4. The number of halogens is 1. The molecule has 3 rings (SSSR count). The minimum Gasteiger partial charge on any atom is -0.480 e. The van der Waals surface area contributed by atoms with Gasteiger partial charge in [0.05, 0.1) is 0 Å². The molecule has 1 amide bonds. The maximum atomic E-state index is 12.8. The normalized spacial score (nSPS) is 19.1. The molecular formula is C19H23ClN2O5S2. The van der Waals surface area contributed by atoms with Gasteiger partial charge in [-0.25, -0.2) is 13.2 Å². The highest BCUT2D eigenvalue weighted by Crippen LogP contribution is 2.32. The van der Waals surface area contributed by atoms with E-state index in [1.165, 1.54) is 11.0 Å². The minimum absolute atomic E-state index is 0.0884. The van der Waals surface area contributed by atoms with Gasteiger partial charge < -0.3 is 10.0 Å². The summed E-state index contributed by atoms with van der Waals surface area (Å²) in [7, 11) is -3.93. The molecule has 1 aliphatic rings. The van der Waals surface area contributed by atoms with Crippen LogP contribution in [0.4, 0.5) is 0 Å². The maximum absolute atomic E-state index is 12.8. The average Bonchev–Trinajstić information content (AvgIpc) is 3.16. The topological polar surface area (TPSA) is 104 Å². The third-order valence-electron chi connectivity index (χ3n) is 4.73. The van der Waals surface area contributed by atoms with Crippen LogP contribution in [0.25, 0.3) is 10.1 Å². The molecule has 7 nitrogen and oxygen atoms in total. The molecule has 2 aromatic rings. The molecule has 1 aromatic carbocycles. The summed E-state index contributed by atoms with van der Waals surface area (Å²) in [6.07, 6.45) is 0.507. The molecule has 0 unspecified atom stereocenters. The Morgan fingerprint density at radius 1 is 1.38 bits per heavy atom. The molecule has 0 bridgehead atoms. The number of carbonyl (C=O) groups excluding carboxylic acids is 1. The standard InChI is InChI=1S/C19H23ClN2O5S2/c1-19(2,3)10-14(18(24)25)22-7-6-13(17(22)23)21-29(26,27)16-8-11-4-5-12(20)9-15(11)28-16/h4-5,8-9,13-14,21H,6-7,10H2,1-3H3,(H,24,25)/t13-,14-/m0/s1. The lowest BCUT2D eigenvalue weighted by Crippen LogP contribution is -2.48. The highest BCUT2D eigenvalue weighted by molar-refractivity contribution is 7.91. The highest BCUT2D eigenvalue weighted by atomic mass is 35.5. The van der Waals surface area contributed by atoms with Crippen LogP contribution in [0.5, 0.6) is 0 Å². The van der Waals surface area contributed by atoms with Gasteiger partial charge >= 0.3 is 5.97 Å². The largest absolute Gasteiger partial charge is 0.480 e. The number of carbonyl (C=O) groups is 2. The summed E-state index contributed by atoms with van der Waals surface area (Å²) >= 11 is 7.03. The number of fused-ring (bicyclic) bond motifs is 1. The fraction of sp³-hybridized carbons (Fsp3) is 0.474. The number of carboxylic acids is 1. The first-order valence-corrected chi connectivity index (χ1v) is 11.8. The van der Waals surface area contributed by atoms with Crippen LogP contribution in [-0.4, -0.2) is 48.9 Å². The van der Waals surface area contributed by atoms with E-state index in [2.05, 4.69) is 4.72 Å². The number of hydrogen-bond donors (Lipinski definition) is 2. The van der Waals surface area contributed by atoms with Crippen molar-refractivity contribution in [3.8, 4) is 0 Å². The van der Waals surface area contributed by atoms with Crippen molar-refractivity contribution in [2.24, 2.45) is 5.41 Å². The number of nitrogens with zero attached hydrogens (tertiary/aromatic N) is 1. The van der Waals surface area contributed by atoms with Crippen LogP contribution in [0.1, 0.15) is 33.6 Å². The van der Waals surface area contributed by atoms with Crippen LogP contribution in [0.3, 0.4) is 0 Å². The van der Waals surface area contributed by atoms with Gasteiger partial charge in [-0.3, -0.25) is 4.79 Å². The summed E-state index contributed by atoms with van der Waals surface area (Å²) in [5, 5.41) is 10.8. The van der Waals surface area contributed by atoms with E-state index in [0.717, 1.165) is 21.4 Å². The van der Waals surface area contributed by atoms with E-state index in [0.29, 0.717) is 5.02 Å². The number of amides is 1. The Bertz CT molecular complexity index is 1060. The van der Waals surface area contributed by atoms with E-state index in [9.17, 15) is 23.1 Å². The molecule has 1 aliphatic heterocycles. The van der Waals surface area contributed by atoms with Crippen molar-refractivity contribution in [2.45, 2.75) is 49.9 Å². The molecule has 1 fully saturated rings. The Morgan fingerprint density at radius 3 is 2.69 bits per heavy atom. The Hall–Kier alpha value is -1.68. The van der Waals surface area contributed by atoms with Gasteiger partial charge in [0.15, 0.2) is 0 Å². The third kappa shape index (κ3) is 4.91. The lowest BCUT2D eigenvalue weighted by molar-refractivity contribution is -0.149. The van der Waals surface area contributed by atoms with E-state index in [4.69, 9.17) is 11.6 Å². The second-order valence-electron chi connectivity index (χ2n) is 8.36. The summed E-state index contributed by atoms with van der Waals surface area (Å²) in [6, 6.07) is 4.68. The van der Waals surface area contributed by atoms with Crippen molar-refractivity contribution >= 4 is 54.9 Å². The fourth-order valence-corrected chi connectivity index (χ4v) is 6.30. The summed E-state index contributed by atoms with van der Waals surface area (Å²) < 4.78 is 28.9. The average molecular weight is 459 g/mol. The first-order valence-electron chi connectivity index (χ1n) is 9.12. The molecule has 0 saturated carbocycles. The van der Waals surface area contributed by atoms with Gasteiger partial charge in [-0.05, 0) is 41.8 Å². The van der Waals surface area contributed by atoms with Crippen molar-refractivity contribution in [3.05, 3.63) is 29.3 Å². The lowest BCUT2D eigenvalue weighted by Gasteiger charge is -2.30. The molecule has 0 spiro atoms. The number of thiophene rings is 1. The van der Waals surface area contributed by atoms with Crippen molar-refractivity contribution in [1.82, 2.24) is 9.62 Å². The smallest absolute Gasteiger partial charge is 0.326 e. The van der Waals surface area contributed by atoms with Crippen molar-refractivity contribution in [3.63, 3.8) is 0 Å². The summed E-state index contributed by atoms with van der Waals surface area (Å²) in [6.45, 7) is 5.90. The highest BCUT2D eigenvalue weighted by Gasteiger charge is 2.42. The molecule has 2 atom stereocenters. The van der Waals surface area contributed by atoms with Crippen LogP contribution in [-0.2, 0) is 19.6 Å². The number of aliphatic carboxylic acids is 1. The number of benzene rings is 1. The van der Waals surface area contributed by atoms with Gasteiger partial charge in [-0.15, -0.1) is 11.3 Å². The zero-order chi connectivity index (χ0) is 21.6. The Morgan fingerprint density at radius 2 is 2.07 bits per heavy atom. The molecular weight excluding hydrogens is 436 g/mol. The van der Waals surface area contributed by atoms with Crippen LogP contribution >= 0.6 is 22.9 Å². The van der Waals surface area contributed by atoms with Crippen molar-refractivity contribution in [2.75, 3.05) is 6.54 Å². The number of hydrogen-bond acceptors (Lipinski definition) is 5. The van der Waals surface area contributed by atoms with Crippen LogP contribution < -0.4 is 4.72 Å². The predicted molar refractivity (Wildman–Crippen MR) is 113 cm³/mol. The second-order valence-corrected chi connectivity index (χ2v) is 11.8.